The van der Waals surface area contributed by atoms with Crippen molar-refractivity contribution >= 4 is 27.3 Å². The van der Waals surface area contributed by atoms with Crippen LogP contribution in [0.15, 0.2) is 33.4 Å². The molecule has 5 heteroatoms. The Kier molecular flexibility index (Phi) is 5.07. The summed E-state index contributed by atoms with van der Waals surface area (Å²) in [6.45, 7) is 2.82. The molecule has 0 saturated carbocycles. The van der Waals surface area contributed by atoms with Gasteiger partial charge < -0.3 is 5.32 Å². The van der Waals surface area contributed by atoms with Gasteiger partial charge >= 0.3 is 0 Å². The van der Waals surface area contributed by atoms with Crippen molar-refractivity contribution < 1.29 is 8.78 Å². The van der Waals surface area contributed by atoms with Crippen LogP contribution < -0.4 is 5.32 Å². The number of hydrogen-bond donors (Lipinski definition) is 1. The highest BCUT2D eigenvalue weighted by Gasteiger charge is 2.14. The zero-order valence-electron chi connectivity index (χ0n) is 10.4. The quantitative estimate of drug-likeness (QED) is 0.829. The van der Waals surface area contributed by atoms with E-state index >= 15 is 0 Å². The summed E-state index contributed by atoms with van der Waals surface area (Å²) < 4.78 is 27.5. The lowest BCUT2D eigenvalue weighted by molar-refractivity contribution is 0.540. The Morgan fingerprint density at radius 3 is 2.42 bits per heavy atom. The van der Waals surface area contributed by atoms with Crippen molar-refractivity contribution in [1.82, 2.24) is 5.32 Å². The number of rotatable bonds is 5. The molecule has 1 nitrogen and oxygen atoms in total. The van der Waals surface area contributed by atoms with E-state index in [4.69, 9.17) is 0 Å². The molecular weight excluding hydrogens is 332 g/mol. The summed E-state index contributed by atoms with van der Waals surface area (Å²) in [6.07, 6.45) is 0.561. The molecule has 1 heterocycles. The molecule has 1 aromatic carbocycles. The van der Waals surface area contributed by atoms with Crippen LogP contribution in [0.4, 0.5) is 8.78 Å². The van der Waals surface area contributed by atoms with Crippen LogP contribution >= 0.6 is 27.3 Å². The number of halogens is 3. The van der Waals surface area contributed by atoms with Crippen LogP contribution in [0, 0.1) is 11.6 Å². The van der Waals surface area contributed by atoms with Crippen molar-refractivity contribution in [2.45, 2.75) is 19.4 Å². The number of thiophene rings is 1. The molecule has 0 aliphatic carbocycles. The largest absolute Gasteiger partial charge is 0.310 e. The predicted octanol–water partition coefficient (Wildman–Crippen LogP) is 4.68. The highest BCUT2D eigenvalue weighted by Crippen LogP contribution is 2.27. The minimum atomic E-state index is -0.531. The van der Waals surface area contributed by atoms with Crippen molar-refractivity contribution in [3.8, 4) is 0 Å². The summed E-state index contributed by atoms with van der Waals surface area (Å²) in [7, 11) is 0. The maximum Gasteiger partial charge on any atom is 0.126 e. The third-order valence-electron chi connectivity index (χ3n) is 2.80. The second kappa shape index (κ2) is 6.59. The predicted molar refractivity (Wildman–Crippen MR) is 78.5 cm³/mol. The van der Waals surface area contributed by atoms with Crippen molar-refractivity contribution in [1.29, 1.82) is 0 Å². The van der Waals surface area contributed by atoms with Crippen molar-refractivity contribution in [2.24, 2.45) is 0 Å². The summed E-state index contributed by atoms with van der Waals surface area (Å²) >= 11 is 5.03. The Morgan fingerprint density at radius 2 is 1.89 bits per heavy atom. The second-order valence-corrected chi connectivity index (χ2v) is 6.57. The zero-order chi connectivity index (χ0) is 13.8. The molecule has 1 aromatic heterocycles. The van der Waals surface area contributed by atoms with Gasteiger partial charge in [0.25, 0.3) is 0 Å². The van der Waals surface area contributed by atoms with E-state index in [-0.39, 0.29) is 6.04 Å². The van der Waals surface area contributed by atoms with Gasteiger partial charge in [-0.25, -0.2) is 8.78 Å². The molecule has 0 radical (unpaired) electrons. The lowest BCUT2D eigenvalue weighted by Crippen LogP contribution is -2.22. The normalized spacial score (nSPS) is 12.6. The van der Waals surface area contributed by atoms with Gasteiger partial charge in [-0.1, -0.05) is 6.92 Å². The zero-order valence-corrected chi connectivity index (χ0v) is 12.8. The Labute approximate surface area is 123 Å². The van der Waals surface area contributed by atoms with Crippen LogP contribution in [-0.2, 0) is 6.42 Å². The van der Waals surface area contributed by atoms with Crippen molar-refractivity contribution in [3.63, 3.8) is 0 Å². The molecular formula is C14H14BrF2NS. The second-order valence-electron chi connectivity index (χ2n) is 4.28. The van der Waals surface area contributed by atoms with Gasteiger partial charge in [-0.3, -0.25) is 0 Å². The first-order chi connectivity index (χ1) is 9.08. The first kappa shape index (κ1) is 14.6. The van der Waals surface area contributed by atoms with Gasteiger partial charge in [0.2, 0.25) is 0 Å². The summed E-state index contributed by atoms with van der Waals surface area (Å²) in [5, 5.41) is 5.39. The van der Waals surface area contributed by atoms with E-state index in [1.807, 2.05) is 18.4 Å². The fourth-order valence-electron chi connectivity index (χ4n) is 2.02. The number of likely N-dealkylation sites (N-methyl/N-ethyl adjacent to an activating group) is 1. The Bertz CT molecular complexity index is 536. The first-order valence-corrected chi connectivity index (χ1v) is 7.68. The maximum atomic E-state index is 13.2. The average Bonchev–Trinajstić information content (AvgIpc) is 2.74. The van der Waals surface area contributed by atoms with Crippen molar-refractivity contribution in [3.05, 3.63) is 56.2 Å². The van der Waals surface area contributed by atoms with E-state index in [0.717, 1.165) is 22.0 Å². The average molecular weight is 346 g/mol. The Hall–Kier alpha value is -0.780. The van der Waals surface area contributed by atoms with E-state index in [0.29, 0.717) is 12.0 Å². The fourth-order valence-corrected chi connectivity index (χ4v) is 3.25. The number of nitrogens with one attached hydrogen (secondary N) is 1. The number of benzene rings is 1. The molecule has 0 bridgehead atoms. The van der Waals surface area contributed by atoms with Crippen molar-refractivity contribution in [2.75, 3.05) is 6.54 Å². The van der Waals surface area contributed by atoms with Gasteiger partial charge in [-0.2, -0.15) is 0 Å². The standard InChI is InChI=1S/C14H14BrF2NS/c1-2-18-13(10-6-14(15)19-8-10)5-9-3-11(16)7-12(17)4-9/h3-4,6-8,13,18H,2,5H2,1H3. The minimum absolute atomic E-state index is 0.0637. The van der Waals surface area contributed by atoms with Crippen LogP contribution in [-0.4, -0.2) is 6.54 Å². The molecule has 2 rings (SSSR count). The highest BCUT2D eigenvalue weighted by atomic mass is 79.9. The van der Waals surface area contributed by atoms with Gasteiger partial charge in [-0.15, -0.1) is 11.3 Å². The molecule has 1 N–H and O–H groups in total. The van der Waals surface area contributed by atoms with E-state index < -0.39 is 11.6 Å². The summed E-state index contributed by atoms with van der Waals surface area (Å²) in [6, 6.07) is 5.76. The molecule has 19 heavy (non-hydrogen) atoms. The minimum Gasteiger partial charge on any atom is -0.310 e. The smallest absolute Gasteiger partial charge is 0.126 e. The van der Waals surface area contributed by atoms with Crippen LogP contribution in [0.5, 0.6) is 0 Å². The lowest BCUT2D eigenvalue weighted by Gasteiger charge is -2.17. The highest BCUT2D eigenvalue weighted by molar-refractivity contribution is 9.11. The summed E-state index contributed by atoms with van der Waals surface area (Å²) in [5.41, 5.74) is 1.79. The molecule has 0 fully saturated rings. The van der Waals surface area contributed by atoms with E-state index in [2.05, 4.69) is 21.2 Å². The van der Waals surface area contributed by atoms with Gasteiger partial charge in [-0.05, 0) is 63.6 Å². The summed E-state index contributed by atoms with van der Waals surface area (Å²) in [5.74, 6) is -1.06. The van der Waals surface area contributed by atoms with Crippen LogP contribution in [0.3, 0.4) is 0 Å². The molecule has 102 valence electrons. The Balaban J connectivity index is 2.20. The number of hydrogen-bond acceptors (Lipinski definition) is 2. The van der Waals surface area contributed by atoms with Gasteiger partial charge in [0, 0.05) is 12.1 Å². The molecule has 2 aromatic rings. The van der Waals surface area contributed by atoms with Crippen LogP contribution in [0.25, 0.3) is 0 Å². The fraction of sp³-hybridized carbons (Fsp3) is 0.286. The molecule has 0 amide bonds. The first-order valence-electron chi connectivity index (χ1n) is 6.00. The molecule has 1 atom stereocenters. The third kappa shape index (κ3) is 4.09. The van der Waals surface area contributed by atoms with Crippen LogP contribution in [0.2, 0.25) is 0 Å². The Morgan fingerprint density at radius 1 is 1.21 bits per heavy atom. The van der Waals surface area contributed by atoms with Gasteiger partial charge in [0.05, 0.1) is 3.79 Å². The maximum absolute atomic E-state index is 13.2. The van der Waals surface area contributed by atoms with E-state index in [1.54, 1.807) is 11.3 Å². The molecule has 0 aliphatic heterocycles. The monoisotopic (exact) mass is 345 g/mol. The van der Waals surface area contributed by atoms with E-state index in [9.17, 15) is 8.78 Å². The third-order valence-corrected chi connectivity index (χ3v) is 4.33. The SMILES string of the molecule is CCNC(Cc1cc(F)cc(F)c1)c1csc(Br)c1. The molecule has 1 unspecified atom stereocenters. The lowest BCUT2D eigenvalue weighted by atomic mass is 10.0. The molecule has 0 saturated heterocycles. The topological polar surface area (TPSA) is 12.0 Å². The van der Waals surface area contributed by atoms with E-state index in [1.165, 1.54) is 12.1 Å². The van der Waals surface area contributed by atoms with Gasteiger partial charge in [0.1, 0.15) is 11.6 Å². The summed E-state index contributed by atoms with van der Waals surface area (Å²) in [4.78, 5) is 0. The van der Waals surface area contributed by atoms with Gasteiger partial charge in [0.15, 0.2) is 0 Å². The molecule has 0 aliphatic rings. The molecule has 0 spiro atoms. The van der Waals surface area contributed by atoms with Crippen LogP contribution in [0.1, 0.15) is 24.1 Å².